The van der Waals surface area contributed by atoms with Gasteiger partial charge in [0.1, 0.15) is 11.4 Å². The van der Waals surface area contributed by atoms with Crippen LogP contribution in [0.3, 0.4) is 0 Å². The molecule has 0 amide bonds. The maximum Gasteiger partial charge on any atom is 0.229 e. The van der Waals surface area contributed by atoms with Crippen molar-refractivity contribution >= 4 is 5.78 Å². The van der Waals surface area contributed by atoms with E-state index in [1.807, 2.05) is 0 Å². The molecular formula is C14H17N3O. The van der Waals surface area contributed by atoms with E-state index in [-0.39, 0.29) is 5.78 Å². The number of hydrogen-bond acceptors (Lipinski definition) is 4. The first-order valence-electron chi connectivity index (χ1n) is 5.86. The van der Waals surface area contributed by atoms with E-state index in [9.17, 15) is 4.79 Å². The molecule has 2 heterocycles. The van der Waals surface area contributed by atoms with Gasteiger partial charge in [0.15, 0.2) is 0 Å². The van der Waals surface area contributed by atoms with Gasteiger partial charge in [-0.2, -0.15) is 0 Å². The molecule has 0 radical (unpaired) electrons. The molecule has 4 heteroatoms. The Balaban J connectivity index is 0.000000357. The van der Waals surface area contributed by atoms with Gasteiger partial charge in [0, 0.05) is 12.4 Å². The highest BCUT2D eigenvalue weighted by molar-refractivity contribution is 6.06. The van der Waals surface area contributed by atoms with Crippen molar-refractivity contribution in [1.82, 2.24) is 9.97 Å². The predicted octanol–water partition coefficient (Wildman–Crippen LogP) is 2.06. The Morgan fingerprint density at radius 3 is 1.78 bits per heavy atom. The summed E-state index contributed by atoms with van der Waals surface area (Å²) < 4.78 is 0. The van der Waals surface area contributed by atoms with Crippen LogP contribution in [-0.4, -0.2) is 22.3 Å². The van der Waals surface area contributed by atoms with Crippen molar-refractivity contribution in [2.24, 2.45) is 5.73 Å². The number of carbonyl (C=O) groups is 1. The van der Waals surface area contributed by atoms with Crippen molar-refractivity contribution in [3.63, 3.8) is 0 Å². The van der Waals surface area contributed by atoms with Gasteiger partial charge in [-0.1, -0.05) is 19.1 Å². The van der Waals surface area contributed by atoms with E-state index in [1.54, 1.807) is 48.8 Å². The summed E-state index contributed by atoms with van der Waals surface area (Å²) in [5.74, 6) is -0.147. The Morgan fingerprint density at radius 2 is 1.50 bits per heavy atom. The quantitative estimate of drug-likeness (QED) is 0.838. The van der Waals surface area contributed by atoms with Crippen molar-refractivity contribution in [2.75, 3.05) is 6.54 Å². The second kappa shape index (κ2) is 8.08. The molecule has 0 saturated heterocycles. The Bertz CT molecular complexity index is 413. The van der Waals surface area contributed by atoms with E-state index < -0.39 is 0 Å². The summed E-state index contributed by atoms with van der Waals surface area (Å²) in [5.41, 5.74) is 5.87. The summed E-state index contributed by atoms with van der Waals surface area (Å²) in [4.78, 5) is 19.7. The Morgan fingerprint density at radius 1 is 1.06 bits per heavy atom. The van der Waals surface area contributed by atoms with Gasteiger partial charge in [-0.15, -0.1) is 0 Å². The first kappa shape index (κ1) is 14.0. The van der Waals surface area contributed by atoms with Crippen molar-refractivity contribution in [3.05, 3.63) is 60.2 Å². The average molecular weight is 243 g/mol. The number of nitrogens with zero attached hydrogens (tertiary/aromatic N) is 2. The third-order valence-electron chi connectivity index (χ3n) is 2.08. The van der Waals surface area contributed by atoms with Crippen LogP contribution in [0.1, 0.15) is 29.5 Å². The van der Waals surface area contributed by atoms with Gasteiger partial charge < -0.3 is 5.73 Å². The summed E-state index contributed by atoms with van der Waals surface area (Å²) in [6.07, 6.45) is 4.28. The molecule has 0 spiro atoms. The van der Waals surface area contributed by atoms with Crippen LogP contribution in [0.4, 0.5) is 0 Å². The Hall–Kier alpha value is -2.07. The van der Waals surface area contributed by atoms with Crippen LogP contribution < -0.4 is 5.73 Å². The highest BCUT2D eigenvalue weighted by Gasteiger charge is 2.09. The minimum atomic E-state index is -0.147. The zero-order valence-electron chi connectivity index (χ0n) is 10.4. The largest absolute Gasteiger partial charge is 0.330 e. The summed E-state index contributed by atoms with van der Waals surface area (Å²) in [6, 6.07) is 10.5. The van der Waals surface area contributed by atoms with Crippen molar-refractivity contribution < 1.29 is 4.79 Å². The molecule has 0 bridgehead atoms. The predicted molar refractivity (Wildman–Crippen MR) is 71.3 cm³/mol. The van der Waals surface area contributed by atoms with Crippen LogP contribution in [-0.2, 0) is 0 Å². The van der Waals surface area contributed by atoms with Crippen LogP contribution in [0.2, 0.25) is 0 Å². The third kappa shape index (κ3) is 4.43. The lowest BCUT2D eigenvalue weighted by Crippen LogP contribution is -2.05. The number of hydrogen-bond donors (Lipinski definition) is 1. The molecule has 0 aliphatic rings. The average Bonchev–Trinajstić information content (AvgIpc) is 2.48. The molecule has 2 aromatic rings. The van der Waals surface area contributed by atoms with Gasteiger partial charge in [0.25, 0.3) is 0 Å². The second-order valence-corrected chi connectivity index (χ2v) is 3.55. The number of rotatable bonds is 3. The van der Waals surface area contributed by atoms with Gasteiger partial charge in [0.2, 0.25) is 5.78 Å². The van der Waals surface area contributed by atoms with Gasteiger partial charge in [0.05, 0.1) is 0 Å². The lowest BCUT2D eigenvalue weighted by atomic mass is 10.2. The standard InChI is InChI=1S/C11H8N2O.C3H9N/c14-11(9-5-1-3-7-12-9)10-6-2-4-8-13-10;1-2-3-4/h1-8H;2-4H2,1H3. The van der Waals surface area contributed by atoms with Gasteiger partial charge >= 0.3 is 0 Å². The van der Waals surface area contributed by atoms with E-state index in [1.165, 1.54) is 0 Å². The zero-order chi connectivity index (χ0) is 13.2. The topological polar surface area (TPSA) is 68.9 Å². The molecule has 0 atom stereocenters. The second-order valence-electron chi connectivity index (χ2n) is 3.55. The van der Waals surface area contributed by atoms with Crippen molar-refractivity contribution in [2.45, 2.75) is 13.3 Å². The summed E-state index contributed by atoms with van der Waals surface area (Å²) >= 11 is 0. The monoisotopic (exact) mass is 243 g/mol. The van der Waals surface area contributed by atoms with E-state index in [2.05, 4.69) is 16.9 Å². The van der Waals surface area contributed by atoms with Crippen LogP contribution in [0.5, 0.6) is 0 Å². The Kier molecular flexibility index (Phi) is 6.28. The van der Waals surface area contributed by atoms with E-state index in [4.69, 9.17) is 5.73 Å². The first-order valence-corrected chi connectivity index (χ1v) is 5.86. The smallest absolute Gasteiger partial charge is 0.229 e. The van der Waals surface area contributed by atoms with Gasteiger partial charge in [-0.25, -0.2) is 0 Å². The fourth-order valence-electron chi connectivity index (χ4n) is 1.13. The minimum Gasteiger partial charge on any atom is -0.330 e. The Labute approximate surface area is 107 Å². The number of ketones is 1. The molecule has 4 nitrogen and oxygen atoms in total. The molecule has 0 fully saturated rings. The van der Waals surface area contributed by atoms with Gasteiger partial charge in [-0.3, -0.25) is 14.8 Å². The van der Waals surface area contributed by atoms with E-state index in [0.29, 0.717) is 11.4 Å². The van der Waals surface area contributed by atoms with Crippen molar-refractivity contribution in [1.29, 1.82) is 0 Å². The molecule has 0 aliphatic carbocycles. The number of aromatic nitrogens is 2. The van der Waals surface area contributed by atoms with Gasteiger partial charge in [-0.05, 0) is 37.2 Å². The first-order chi connectivity index (χ1) is 8.79. The summed E-state index contributed by atoms with van der Waals surface area (Å²) in [7, 11) is 0. The highest BCUT2D eigenvalue weighted by atomic mass is 16.1. The maximum absolute atomic E-state index is 11.7. The number of carbonyl (C=O) groups excluding carboxylic acids is 1. The third-order valence-corrected chi connectivity index (χ3v) is 2.08. The molecule has 2 aromatic heterocycles. The van der Waals surface area contributed by atoms with Crippen LogP contribution in [0.15, 0.2) is 48.8 Å². The van der Waals surface area contributed by atoms with Crippen LogP contribution in [0.25, 0.3) is 0 Å². The zero-order valence-corrected chi connectivity index (χ0v) is 10.4. The molecule has 94 valence electrons. The SMILES string of the molecule is CCCN.O=C(c1ccccn1)c1ccccn1. The van der Waals surface area contributed by atoms with E-state index in [0.717, 1.165) is 13.0 Å². The van der Waals surface area contributed by atoms with E-state index >= 15 is 0 Å². The molecule has 2 N–H and O–H groups in total. The summed E-state index contributed by atoms with van der Waals surface area (Å²) in [6.45, 7) is 2.88. The fourth-order valence-corrected chi connectivity index (χ4v) is 1.13. The normalized spacial score (nSPS) is 9.22. The summed E-state index contributed by atoms with van der Waals surface area (Å²) in [5, 5.41) is 0. The maximum atomic E-state index is 11.7. The van der Waals surface area contributed by atoms with Crippen molar-refractivity contribution in [3.8, 4) is 0 Å². The number of pyridine rings is 2. The molecule has 2 rings (SSSR count). The minimum absolute atomic E-state index is 0.147. The lowest BCUT2D eigenvalue weighted by molar-refractivity contribution is 0.103. The molecule has 0 saturated carbocycles. The number of nitrogens with two attached hydrogens (primary N) is 1. The highest BCUT2D eigenvalue weighted by Crippen LogP contribution is 2.03. The van der Waals surface area contributed by atoms with Crippen LogP contribution >= 0.6 is 0 Å². The molecule has 0 unspecified atom stereocenters. The molecule has 0 aliphatic heterocycles. The molecule has 18 heavy (non-hydrogen) atoms. The molecular weight excluding hydrogens is 226 g/mol. The molecule has 0 aromatic carbocycles. The van der Waals surface area contributed by atoms with Crippen LogP contribution in [0, 0.1) is 0 Å². The fraction of sp³-hybridized carbons (Fsp3) is 0.214. The lowest BCUT2D eigenvalue weighted by Gasteiger charge is -1.97.